The van der Waals surface area contributed by atoms with E-state index in [1.165, 1.54) is 12.1 Å². The topological polar surface area (TPSA) is 69.7 Å². The molecular formula is C19H22ClN3O3S. The fraction of sp³-hybridized carbons (Fsp3) is 0.316. The molecule has 1 N–H and O–H groups in total. The number of hydrogen-bond acceptors (Lipinski definition) is 4. The first kappa shape index (κ1) is 19.7. The third-order valence-corrected chi connectivity index (χ3v) is 6.46. The molecule has 144 valence electrons. The van der Waals surface area contributed by atoms with Crippen LogP contribution < -0.4 is 4.72 Å². The summed E-state index contributed by atoms with van der Waals surface area (Å²) in [5.41, 5.74) is 0.749. The van der Waals surface area contributed by atoms with E-state index in [2.05, 4.69) is 16.5 Å². The quantitative estimate of drug-likeness (QED) is 0.827. The van der Waals surface area contributed by atoms with Crippen LogP contribution in [0.5, 0.6) is 0 Å². The highest BCUT2D eigenvalue weighted by atomic mass is 35.5. The van der Waals surface area contributed by atoms with Crippen molar-refractivity contribution in [1.29, 1.82) is 0 Å². The number of nitrogens with zero attached hydrogens (tertiary/aromatic N) is 2. The molecule has 1 heterocycles. The molecule has 27 heavy (non-hydrogen) atoms. The lowest BCUT2D eigenvalue weighted by atomic mass is 10.2. The Morgan fingerprint density at radius 2 is 1.74 bits per heavy atom. The third kappa shape index (κ3) is 4.61. The lowest BCUT2D eigenvalue weighted by Crippen LogP contribution is -2.48. The van der Waals surface area contributed by atoms with Crippen molar-refractivity contribution in [3.63, 3.8) is 0 Å². The zero-order valence-electron chi connectivity index (χ0n) is 15.1. The summed E-state index contributed by atoms with van der Waals surface area (Å²) in [6.07, 6.45) is 0. The Bertz CT molecular complexity index is 911. The second-order valence-electron chi connectivity index (χ2n) is 6.34. The number of halogens is 1. The van der Waals surface area contributed by atoms with Gasteiger partial charge in [-0.15, -0.1) is 0 Å². The van der Waals surface area contributed by atoms with Gasteiger partial charge in [-0.05, 0) is 36.9 Å². The molecule has 0 bridgehead atoms. The first-order valence-electron chi connectivity index (χ1n) is 8.80. The van der Waals surface area contributed by atoms with Gasteiger partial charge >= 0.3 is 0 Å². The maximum absolute atomic E-state index is 12.8. The van der Waals surface area contributed by atoms with E-state index in [9.17, 15) is 13.2 Å². The second-order valence-corrected chi connectivity index (χ2v) is 8.40. The molecule has 1 fully saturated rings. The molecule has 1 saturated heterocycles. The number of carbonyl (C=O) groups is 1. The molecule has 0 atom stereocenters. The molecule has 3 rings (SSSR count). The van der Waals surface area contributed by atoms with Crippen LogP contribution in [0.1, 0.15) is 17.3 Å². The lowest BCUT2D eigenvalue weighted by Gasteiger charge is -2.34. The Labute approximate surface area is 164 Å². The van der Waals surface area contributed by atoms with Crippen LogP contribution >= 0.6 is 11.6 Å². The number of sulfonamides is 1. The largest absolute Gasteiger partial charge is 0.336 e. The lowest BCUT2D eigenvalue weighted by molar-refractivity contribution is 0.0643. The van der Waals surface area contributed by atoms with Crippen molar-refractivity contribution in [1.82, 2.24) is 9.80 Å². The van der Waals surface area contributed by atoms with Crippen LogP contribution in [-0.2, 0) is 10.0 Å². The zero-order valence-corrected chi connectivity index (χ0v) is 16.6. The van der Waals surface area contributed by atoms with E-state index in [0.29, 0.717) is 24.3 Å². The van der Waals surface area contributed by atoms with Gasteiger partial charge < -0.3 is 9.80 Å². The van der Waals surface area contributed by atoms with Crippen LogP contribution in [0.2, 0.25) is 5.02 Å². The van der Waals surface area contributed by atoms with Crippen molar-refractivity contribution in [2.24, 2.45) is 0 Å². The first-order valence-corrected chi connectivity index (χ1v) is 10.7. The molecule has 2 aromatic rings. The van der Waals surface area contributed by atoms with Crippen LogP contribution in [0.25, 0.3) is 0 Å². The van der Waals surface area contributed by atoms with Crippen LogP contribution in [0.15, 0.2) is 53.4 Å². The molecule has 6 nitrogen and oxygen atoms in total. The molecule has 0 saturated carbocycles. The van der Waals surface area contributed by atoms with Gasteiger partial charge in [-0.25, -0.2) is 8.42 Å². The van der Waals surface area contributed by atoms with Gasteiger partial charge in [-0.1, -0.05) is 36.7 Å². The fourth-order valence-corrected chi connectivity index (χ4v) is 4.59. The molecule has 1 aliphatic heterocycles. The van der Waals surface area contributed by atoms with E-state index in [-0.39, 0.29) is 15.8 Å². The normalized spacial score (nSPS) is 15.6. The first-order chi connectivity index (χ1) is 12.9. The van der Waals surface area contributed by atoms with Crippen LogP contribution in [-0.4, -0.2) is 56.8 Å². The van der Waals surface area contributed by atoms with Crippen molar-refractivity contribution >= 4 is 33.2 Å². The highest BCUT2D eigenvalue weighted by Crippen LogP contribution is 2.26. The Morgan fingerprint density at radius 3 is 2.37 bits per heavy atom. The second kappa shape index (κ2) is 8.29. The van der Waals surface area contributed by atoms with E-state index in [1.54, 1.807) is 41.3 Å². The van der Waals surface area contributed by atoms with Gasteiger partial charge in [-0.3, -0.25) is 9.52 Å². The molecule has 1 aliphatic rings. The van der Waals surface area contributed by atoms with E-state index >= 15 is 0 Å². The number of para-hydroxylation sites is 1. The number of hydrogen-bond donors (Lipinski definition) is 1. The molecule has 0 unspecified atom stereocenters. The molecule has 8 heteroatoms. The Balaban J connectivity index is 1.83. The zero-order chi connectivity index (χ0) is 19.4. The number of rotatable bonds is 5. The molecule has 2 aromatic carbocycles. The van der Waals surface area contributed by atoms with E-state index in [1.807, 2.05) is 0 Å². The summed E-state index contributed by atoms with van der Waals surface area (Å²) >= 11 is 6.12. The SMILES string of the molecule is CCN1CCN(C(=O)c2ccc(Cl)c(S(=O)(=O)Nc3ccccc3)c2)CC1. The number of piperazine rings is 1. The molecule has 0 radical (unpaired) electrons. The predicted molar refractivity (Wildman–Crippen MR) is 107 cm³/mol. The molecular weight excluding hydrogens is 386 g/mol. The summed E-state index contributed by atoms with van der Waals surface area (Å²) in [7, 11) is -3.90. The Kier molecular flexibility index (Phi) is 6.04. The van der Waals surface area contributed by atoms with Crippen molar-refractivity contribution < 1.29 is 13.2 Å². The molecule has 0 aromatic heterocycles. The maximum Gasteiger partial charge on any atom is 0.263 e. The fourth-order valence-electron chi connectivity index (χ4n) is 3.01. The van der Waals surface area contributed by atoms with Crippen LogP contribution in [0.4, 0.5) is 5.69 Å². The van der Waals surface area contributed by atoms with Crippen molar-refractivity contribution in [3.8, 4) is 0 Å². The molecule has 0 spiro atoms. The van der Waals surface area contributed by atoms with E-state index < -0.39 is 10.0 Å². The van der Waals surface area contributed by atoms with E-state index in [0.717, 1.165) is 19.6 Å². The number of amides is 1. The van der Waals surface area contributed by atoms with Crippen molar-refractivity contribution in [2.45, 2.75) is 11.8 Å². The number of nitrogens with one attached hydrogen (secondary N) is 1. The maximum atomic E-state index is 12.8. The van der Waals surface area contributed by atoms with Gasteiger partial charge in [0.2, 0.25) is 0 Å². The standard InChI is InChI=1S/C19H22ClN3O3S/c1-2-22-10-12-23(13-11-22)19(24)15-8-9-17(20)18(14-15)27(25,26)21-16-6-4-3-5-7-16/h3-9,14,21H,2,10-13H2,1H3. The smallest absolute Gasteiger partial charge is 0.263 e. The van der Waals surface area contributed by atoms with Gasteiger partial charge in [0.05, 0.1) is 5.02 Å². The minimum atomic E-state index is -3.90. The average molecular weight is 408 g/mol. The van der Waals surface area contributed by atoms with Gasteiger partial charge in [-0.2, -0.15) is 0 Å². The summed E-state index contributed by atoms with van der Waals surface area (Å²) in [6.45, 7) is 5.93. The minimum absolute atomic E-state index is 0.0748. The summed E-state index contributed by atoms with van der Waals surface area (Å²) in [6, 6.07) is 12.9. The van der Waals surface area contributed by atoms with Gasteiger partial charge in [0, 0.05) is 37.4 Å². The third-order valence-electron chi connectivity index (χ3n) is 4.60. The van der Waals surface area contributed by atoms with Crippen LogP contribution in [0.3, 0.4) is 0 Å². The van der Waals surface area contributed by atoms with Crippen molar-refractivity contribution in [3.05, 3.63) is 59.1 Å². The highest BCUT2D eigenvalue weighted by molar-refractivity contribution is 7.92. The van der Waals surface area contributed by atoms with Gasteiger partial charge in [0.25, 0.3) is 15.9 Å². The molecule has 1 amide bonds. The number of carbonyl (C=O) groups excluding carboxylic acids is 1. The van der Waals surface area contributed by atoms with Gasteiger partial charge in [0.15, 0.2) is 0 Å². The summed E-state index contributed by atoms with van der Waals surface area (Å²) < 4.78 is 27.9. The summed E-state index contributed by atoms with van der Waals surface area (Å²) in [5, 5.41) is 0.0748. The minimum Gasteiger partial charge on any atom is -0.336 e. The predicted octanol–water partition coefficient (Wildman–Crippen LogP) is 2.92. The highest BCUT2D eigenvalue weighted by Gasteiger charge is 2.24. The Morgan fingerprint density at radius 1 is 1.07 bits per heavy atom. The average Bonchev–Trinajstić information content (AvgIpc) is 2.68. The summed E-state index contributed by atoms with van der Waals surface area (Å²) in [5.74, 6) is -0.182. The number of anilines is 1. The van der Waals surface area contributed by atoms with E-state index in [4.69, 9.17) is 11.6 Å². The number of benzene rings is 2. The number of likely N-dealkylation sites (N-methyl/N-ethyl adjacent to an activating group) is 1. The van der Waals surface area contributed by atoms with Crippen LogP contribution in [0, 0.1) is 0 Å². The summed E-state index contributed by atoms with van der Waals surface area (Å²) in [4.78, 5) is 16.7. The Hall–Kier alpha value is -2.09. The molecule has 0 aliphatic carbocycles. The van der Waals surface area contributed by atoms with Gasteiger partial charge in [0.1, 0.15) is 4.90 Å². The van der Waals surface area contributed by atoms with Crippen molar-refractivity contribution in [2.75, 3.05) is 37.4 Å². The monoisotopic (exact) mass is 407 g/mol.